The van der Waals surface area contributed by atoms with E-state index < -0.39 is 0 Å². The van der Waals surface area contributed by atoms with Crippen molar-refractivity contribution >= 4 is 39.4 Å². The standard InChI is InChI=1S/C25H26N10O/c1-3-11-34-24(36)19-15-27-25(30-17-7-8-20-16(12-17)13-28-33(20)2)32-23(19)35(34)22-6-4-5-21(31-22)29-18-9-10-26-14-18/h3-8,12-13,15,18,26H,1,9-11,14H2,2H3,(H,29,31)(H,27,30,32). The molecular weight excluding hydrogens is 456 g/mol. The normalized spacial score (nSPS) is 15.5. The fraction of sp³-hybridized carbons (Fsp3) is 0.240. The molecule has 6 rings (SSSR count). The zero-order valence-corrected chi connectivity index (χ0v) is 19.8. The summed E-state index contributed by atoms with van der Waals surface area (Å²) in [6.45, 7) is 6.01. The van der Waals surface area contributed by atoms with Gasteiger partial charge in [0.1, 0.15) is 11.2 Å². The van der Waals surface area contributed by atoms with Crippen LogP contribution in [0.5, 0.6) is 0 Å². The van der Waals surface area contributed by atoms with Crippen LogP contribution in [0.2, 0.25) is 0 Å². The third-order valence-corrected chi connectivity index (χ3v) is 6.34. The Morgan fingerprint density at radius 1 is 1.22 bits per heavy atom. The topological polar surface area (TPSA) is 120 Å². The fourth-order valence-corrected chi connectivity index (χ4v) is 4.59. The quantitative estimate of drug-likeness (QED) is 0.303. The minimum Gasteiger partial charge on any atom is -0.366 e. The molecule has 36 heavy (non-hydrogen) atoms. The molecule has 0 aliphatic carbocycles. The summed E-state index contributed by atoms with van der Waals surface area (Å²) in [4.78, 5) is 27.2. The zero-order chi connectivity index (χ0) is 24.6. The van der Waals surface area contributed by atoms with Crippen LogP contribution in [-0.4, -0.2) is 53.2 Å². The van der Waals surface area contributed by atoms with Gasteiger partial charge in [0.15, 0.2) is 11.5 Å². The molecule has 11 heteroatoms. The first-order valence-corrected chi connectivity index (χ1v) is 11.8. The molecule has 1 aromatic carbocycles. The molecule has 1 saturated heterocycles. The van der Waals surface area contributed by atoms with Crippen LogP contribution in [0.25, 0.3) is 27.8 Å². The van der Waals surface area contributed by atoms with Gasteiger partial charge in [0.2, 0.25) is 5.95 Å². The Morgan fingerprint density at radius 3 is 2.97 bits per heavy atom. The minimum absolute atomic E-state index is 0.201. The molecule has 1 unspecified atom stereocenters. The highest BCUT2D eigenvalue weighted by atomic mass is 16.1. The highest BCUT2D eigenvalue weighted by Crippen LogP contribution is 2.22. The summed E-state index contributed by atoms with van der Waals surface area (Å²) in [6.07, 6.45) is 6.08. The first-order chi connectivity index (χ1) is 17.6. The lowest BCUT2D eigenvalue weighted by Crippen LogP contribution is -2.24. The molecule has 1 aliphatic heterocycles. The number of benzene rings is 1. The van der Waals surface area contributed by atoms with E-state index >= 15 is 0 Å². The molecule has 1 aliphatic rings. The molecule has 11 nitrogen and oxygen atoms in total. The van der Waals surface area contributed by atoms with Gasteiger partial charge in [0.25, 0.3) is 5.56 Å². The van der Waals surface area contributed by atoms with Gasteiger partial charge in [-0.3, -0.25) is 9.48 Å². The van der Waals surface area contributed by atoms with Crippen LogP contribution < -0.4 is 21.5 Å². The van der Waals surface area contributed by atoms with Crippen molar-refractivity contribution in [2.75, 3.05) is 23.7 Å². The molecule has 182 valence electrons. The van der Waals surface area contributed by atoms with Crippen molar-refractivity contribution in [3.8, 4) is 5.82 Å². The van der Waals surface area contributed by atoms with Crippen molar-refractivity contribution in [1.29, 1.82) is 0 Å². The van der Waals surface area contributed by atoms with Gasteiger partial charge in [0, 0.05) is 36.9 Å². The number of aryl methyl sites for hydroxylation is 1. The summed E-state index contributed by atoms with van der Waals surface area (Å²) in [5.41, 5.74) is 2.12. The number of anilines is 3. The third-order valence-electron chi connectivity index (χ3n) is 6.34. The number of pyridine rings is 1. The Kier molecular flexibility index (Phi) is 5.45. The number of fused-ring (bicyclic) bond motifs is 2. The monoisotopic (exact) mass is 482 g/mol. The lowest BCUT2D eigenvalue weighted by atomic mass is 10.2. The van der Waals surface area contributed by atoms with Crippen molar-refractivity contribution in [2.45, 2.75) is 19.0 Å². The van der Waals surface area contributed by atoms with Crippen LogP contribution in [0.3, 0.4) is 0 Å². The molecule has 1 atom stereocenters. The highest BCUT2D eigenvalue weighted by Gasteiger charge is 2.19. The Hall–Kier alpha value is -4.51. The summed E-state index contributed by atoms with van der Waals surface area (Å²) < 4.78 is 5.12. The van der Waals surface area contributed by atoms with E-state index in [1.54, 1.807) is 21.6 Å². The molecule has 0 amide bonds. The van der Waals surface area contributed by atoms with Crippen LogP contribution in [0.1, 0.15) is 6.42 Å². The number of nitrogens with one attached hydrogen (secondary N) is 3. The highest BCUT2D eigenvalue weighted by molar-refractivity contribution is 5.83. The molecule has 1 fully saturated rings. The maximum absolute atomic E-state index is 13.2. The largest absolute Gasteiger partial charge is 0.366 e. The van der Waals surface area contributed by atoms with Crippen LogP contribution in [0.4, 0.5) is 17.5 Å². The molecule has 3 N–H and O–H groups in total. The van der Waals surface area contributed by atoms with Crippen LogP contribution in [0.15, 0.2) is 66.2 Å². The van der Waals surface area contributed by atoms with Crippen LogP contribution in [-0.2, 0) is 13.6 Å². The first-order valence-electron chi connectivity index (χ1n) is 11.8. The summed E-state index contributed by atoms with van der Waals surface area (Å²) in [5.74, 6) is 1.71. The van der Waals surface area contributed by atoms with Crippen LogP contribution >= 0.6 is 0 Å². The van der Waals surface area contributed by atoms with Gasteiger partial charge in [-0.25, -0.2) is 19.3 Å². The number of aromatic nitrogens is 7. The average molecular weight is 483 g/mol. The fourth-order valence-electron chi connectivity index (χ4n) is 4.59. The molecular formula is C25H26N10O. The van der Waals surface area contributed by atoms with Crippen LogP contribution in [0, 0.1) is 0 Å². The van der Waals surface area contributed by atoms with Crippen molar-refractivity contribution < 1.29 is 0 Å². The van der Waals surface area contributed by atoms with Gasteiger partial charge < -0.3 is 16.0 Å². The summed E-state index contributed by atoms with van der Waals surface area (Å²) in [7, 11) is 1.91. The van der Waals surface area contributed by atoms with E-state index in [2.05, 4.69) is 32.6 Å². The predicted molar refractivity (Wildman–Crippen MR) is 140 cm³/mol. The third kappa shape index (κ3) is 3.89. The summed E-state index contributed by atoms with van der Waals surface area (Å²) in [6, 6.07) is 12.0. The Bertz CT molecular complexity index is 1640. The second-order valence-electron chi connectivity index (χ2n) is 8.80. The Morgan fingerprint density at radius 2 is 2.14 bits per heavy atom. The van der Waals surface area contributed by atoms with Gasteiger partial charge >= 0.3 is 0 Å². The van der Waals surface area contributed by atoms with E-state index in [1.807, 2.05) is 54.3 Å². The average Bonchev–Trinajstić information content (AvgIpc) is 3.59. The summed E-state index contributed by atoms with van der Waals surface area (Å²) >= 11 is 0. The van der Waals surface area contributed by atoms with Gasteiger partial charge in [-0.1, -0.05) is 12.1 Å². The number of hydrogen-bond acceptors (Lipinski definition) is 8. The van der Waals surface area contributed by atoms with Crippen molar-refractivity contribution in [3.63, 3.8) is 0 Å². The van der Waals surface area contributed by atoms with Gasteiger partial charge in [-0.2, -0.15) is 10.1 Å². The summed E-state index contributed by atoms with van der Waals surface area (Å²) in [5, 5.41) is 15.8. The van der Waals surface area contributed by atoms with E-state index in [-0.39, 0.29) is 5.56 Å². The number of nitrogens with zero attached hydrogens (tertiary/aromatic N) is 7. The molecule has 5 aromatic rings. The Balaban J connectivity index is 1.42. The second kappa shape index (κ2) is 8.93. The van der Waals surface area contributed by atoms with Crippen molar-refractivity contribution in [1.82, 2.24) is 39.4 Å². The molecule has 0 radical (unpaired) electrons. The van der Waals surface area contributed by atoms with Crippen molar-refractivity contribution in [3.05, 3.63) is 71.8 Å². The van der Waals surface area contributed by atoms with E-state index in [9.17, 15) is 4.79 Å². The predicted octanol–water partition coefficient (Wildman–Crippen LogP) is 2.57. The van der Waals surface area contributed by atoms with E-state index in [0.29, 0.717) is 35.4 Å². The van der Waals surface area contributed by atoms with E-state index in [0.717, 1.165) is 41.9 Å². The van der Waals surface area contributed by atoms with Crippen molar-refractivity contribution in [2.24, 2.45) is 7.05 Å². The Labute approximate surface area is 206 Å². The zero-order valence-electron chi connectivity index (χ0n) is 19.8. The smallest absolute Gasteiger partial charge is 0.278 e. The van der Waals surface area contributed by atoms with E-state index in [4.69, 9.17) is 9.97 Å². The molecule has 0 spiro atoms. The van der Waals surface area contributed by atoms with Gasteiger partial charge in [0.05, 0.1) is 18.3 Å². The maximum Gasteiger partial charge on any atom is 0.278 e. The minimum atomic E-state index is -0.201. The number of hydrogen-bond donors (Lipinski definition) is 3. The second-order valence-corrected chi connectivity index (χ2v) is 8.80. The van der Waals surface area contributed by atoms with Gasteiger partial charge in [-0.05, 0) is 43.3 Å². The SMILES string of the molecule is C=CCn1c(=O)c2cnc(Nc3ccc4c(cnn4C)c3)nc2n1-c1cccc(NC2CCNC2)n1. The maximum atomic E-state index is 13.2. The number of rotatable bonds is 7. The molecule has 0 bridgehead atoms. The first kappa shape index (κ1) is 22.0. The molecule has 0 saturated carbocycles. The lowest BCUT2D eigenvalue weighted by Gasteiger charge is -2.15. The molecule has 5 heterocycles. The van der Waals surface area contributed by atoms with Gasteiger partial charge in [-0.15, -0.1) is 6.58 Å². The lowest BCUT2D eigenvalue weighted by molar-refractivity contribution is 0.597. The number of allylic oxidation sites excluding steroid dienone is 1. The van der Waals surface area contributed by atoms with E-state index in [1.165, 1.54) is 0 Å². The molecule has 4 aromatic heterocycles.